The molecule has 27 heavy (non-hydrogen) atoms. The van der Waals surface area contributed by atoms with Gasteiger partial charge in [0.25, 0.3) is 0 Å². The van der Waals surface area contributed by atoms with Gasteiger partial charge in [-0.1, -0.05) is 12.1 Å². The van der Waals surface area contributed by atoms with Crippen LogP contribution in [0, 0.1) is 12.7 Å². The van der Waals surface area contributed by atoms with Gasteiger partial charge in [-0.25, -0.2) is 14.8 Å². The van der Waals surface area contributed by atoms with Gasteiger partial charge in [0, 0.05) is 5.56 Å². The molecule has 2 aromatic carbocycles. The molecule has 0 fully saturated rings. The Morgan fingerprint density at radius 2 is 1.85 bits per heavy atom. The molecule has 3 rings (SSSR count). The number of aryl methyl sites for hydroxylation is 1. The number of carbonyl (C=O) groups excluding carboxylic acids is 1. The van der Waals surface area contributed by atoms with Crippen LogP contribution in [0.2, 0.25) is 0 Å². The highest BCUT2D eigenvalue weighted by atomic mass is 32.1. The van der Waals surface area contributed by atoms with Crippen LogP contribution in [0.25, 0.3) is 10.6 Å². The van der Waals surface area contributed by atoms with Crippen molar-refractivity contribution in [1.29, 1.82) is 0 Å². The van der Waals surface area contributed by atoms with Crippen molar-refractivity contribution in [3.05, 3.63) is 70.5 Å². The summed E-state index contributed by atoms with van der Waals surface area (Å²) in [6, 6.07) is 12.6. The first-order valence-corrected chi connectivity index (χ1v) is 9.09. The van der Waals surface area contributed by atoms with Crippen LogP contribution in [0.3, 0.4) is 0 Å². The van der Waals surface area contributed by atoms with Gasteiger partial charge < -0.3 is 5.11 Å². The molecule has 0 aliphatic rings. The zero-order valence-electron chi connectivity index (χ0n) is 14.9. The van der Waals surface area contributed by atoms with E-state index in [-0.39, 0.29) is 23.9 Å². The van der Waals surface area contributed by atoms with Crippen LogP contribution in [0.4, 0.5) is 4.39 Å². The highest BCUT2D eigenvalue weighted by Gasteiger charge is 2.12. The Balaban J connectivity index is 1.69. The highest BCUT2D eigenvalue weighted by Crippen LogP contribution is 2.29. The molecule has 0 saturated heterocycles. The Bertz CT molecular complexity index is 979. The molecular weight excluding hydrogens is 365 g/mol. The van der Waals surface area contributed by atoms with Gasteiger partial charge in [-0.2, -0.15) is 5.10 Å². The quantitative estimate of drug-likeness (QED) is 0.516. The number of thiazole rings is 1. The lowest BCUT2D eigenvalue weighted by molar-refractivity contribution is -0.120. The first kappa shape index (κ1) is 18.7. The van der Waals surface area contributed by atoms with Gasteiger partial charge in [-0.15, -0.1) is 11.3 Å². The number of rotatable bonds is 5. The predicted octanol–water partition coefficient (Wildman–Crippen LogP) is 4.05. The molecule has 0 bridgehead atoms. The number of phenolic OH excluding ortho intramolecular Hbond substituents is 1. The van der Waals surface area contributed by atoms with Crippen molar-refractivity contribution in [2.75, 3.05) is 0 Å². The van der Waals surface area contributed by atoms with Crippen LogP contribution < -0.4 is 5.43 Å². The van der Waals surface area contributed by atoms with Crippen LogP contribution in [0.15, 0.2) is 53.6 Å². The average Bonchev–Trinajstić information content (AvgIpc) is 3.04. The van der Waals surface area contributed by atoms with E-state index in [0.717, 1.165) is 21.1 Å². The number of aromatic nitrogens is 1. The smallest absolute Gasteiger partial charge is 0.244 e. The second-order valence-corrected chi connectivity index (χ2v) is 7.01. The minimum absolute atomic E-state index is 0.123. The number of nitrogens with zero attached hydrogens (tertiary/aromatic N) is 2. The zero-order chi connectivity index (χ0) is 19.4. The summed E-state index contributed by atoms with van der Waals surface area (Å²) in [6.45, 7) is 3.69. The molecule has 2 N–H and O–H groups in total. The van der Waals surface area contributed by atoms with E-state index in [9.17, 15) is 14.3 Å². The molecule has 0 saturated carbocycles. The number of hydrogen-bond donors (Lipinski definition) is 2. The van der Waals surface area contributed by atoms with E-state index in [1.807, 2.05) is 6.92 Å². The summed E-state index contributed by atoms with van der Waals surface area (Å²) >= 11 is 1.47. The molecule has 138 valence electrons. The maximum Gasteiger partial charge on any atom is 0.244 e. The van der Waals surface area contributed by atoms with Gasteiger partial charge in [-0.05, 0) is 55.8 Å². The van der Waals surface area contributed by atoms with Gasteiger partial charge in [0.15, 0.2) is 0 Å². The van der Waals surface area contributed by atoms with Gasteiger partial charge in [0.05, 0.1) is 22.7 Å². The number of aromatic hydroxyl groups is 1. The van der Waals surface area contributed by atoms with Crippen molar-refractivity contribution in [3.8, 4) is 16.3 Å². The number of halogens is 1. The Morgan fingerprint density at radius 3 is 2.52 bits per heavy atom. The van der Waals surface area contributed by atoms with E-state index < -0.39 is 0 Å². The molecule has 1 heterocycles. The number of carbonyl (C=O) groups is 1. The lowest BCUT2D eigenvalue weighted by Crippen LogP contribution is -2.21. The largest absolute Gasteiger partial charge is 0.508 e. The van der Waals surface area contributed by atoms with Crippen molar-refractivity contribution in [2.45, 2.75) is 20.3 Å². The second-order valence-electron chi connectivity index (χ2n) is 6.02. The summed E-state index contributed by atoms with van der Waals surface area (Å²) in [4.78, 5) is 17.4. The molecule has 1 amide bonds. The molecule has 0 atom stereocenters. The number of benzene rings is 2. The third-order valence-electron chi connectivity index (χ3n) is 3.87. The Kier molecular flexibility index (Phi) is 5.61. The minimum Gasteiger partial charge on any atom is -0.508 e. The summed E-state index contributed by atoms with van der Waals surface area (Å²) in [5.74, 6) is -0.408. The lowest BCUT2D eigenvalue weighted by Gasteiger charge is -2.02. The highest BCUT2D eigenvalue weighted by molar-refractivity contribution is 7.17. The van der Waals surface area contributed by atoms with Crippen LogP contribution in [-0.2, 0) is 11.2 Å². The minimum atomic E-state index is -0.335. The third kappa shape index (κ3) is 4.77. The molecule has 7 heteroatoms. The SMILES string of the molecule is C/C(=N\NC(=O)Cc1ccc(F)cc1)c1sc(-c2ccc(O)cc2)nc1C. The van der Waals surface area contributed by atoms with Gasteiger partial charge >= 0.3 is 0 Å². The first-order valence-electron chi connectivity index (χ1n) is 8.27. The molecule has 0 spiro atoms. The molecule has 1 aromatic heterocycles. The normalized spacial score (nSPS) is 11.4. The number of amides is 1. The molecule has 0 radical (unpaired) electrons. The van der Waals surface area contributed by atoms with E-state index in [1.54, 1.807) is 43.3 Å². The monoisotopic (exact) mass is 383 g/mol. The fraction of sp³-hybridized carbons (Fsp3) is 0.150. The summed E-state index contributed by atoms with van der Waals surface area (Å²) in [5, 5.41) is 14.4. The topological polar surface area (TPSA) is 74.6 Å². The van der Waals surface area contributed by atoms with Crippen molar-refractivity contribution in [2.24, 2.45) is 5.10 Å². The van der Waals surface area contributed by atoms with Crippen LogP contribution >= 0.6 is 11.3 Å². The summed E-state index contributed by atoms with van der Waals surface area (Å²) in [7, 11) is 0. The predicted molar refractivity (Wildman–Crippen MR) is 104 cm³/mol. The fourth-order valence-corrected chi connectivity index (χ4v) is 3.50. The van der Waals surface area contributed by atoms with E-state index in [4.69, 9.17) is 0 Å². The maximum atomic E-state index is 12.9. The average molecular weight is 383 g/mol. The number of hydrogen-bond acceptors (Lipinski definition) is 5. The van der Waals surface area contributed by atoms with Gasteiger partial charge in [0.1, 0.15) is 16.6 Å². The van der Waals surface area contributed by atoms with Crippen molar-refractivity contribution >= 4 is 23.0 Å². The van der Waals surface area contributed by atoms with Gasteiger partial charge in [0.2, 0.25) is 5.91 Å². The molecular formula is C20H18FN3O2S. The first-order chi connectivity index (χ1) is 12.9. The number of hydrazone groups is 1. The standard InChI is InChI=1S/C20H18FN3O2S/c1-12-19(27-20(22-12)15-5-9-17(25)10-6-15)13(2)23-24-18(26)11-14-3-7-16(21)8-4-14/h3-10,25H,11H2,1-2H3,(H,24,26)/b23-13+. The van der Waals surface area contributed by atoms with Gasteiger partial charge in [-0.3, -0.25) is 4.79 Å². The Morgan fingerprint density at radius 1 is 1.19 bits per heavy atom. The van der Waals surface area contributed by atoms with Crippen molar-refractivity contribution in [3.63, 3.8) is 0 Å². The third-order valence-corrected chi connectivity index (χ3v) is 5.18. The van der Waals surface area contributed by atoms with E-state index in [1.165, 1.54) is 23.5 Å². The maximum absolute atomic E-state index is 12.9. The summed E-state index contributed by atoms with van der Waals surface area (Å²) < 4.78 is 12.9. The summed E-state index contributed by atoms with van der Waals surface area (Å²) in [5.41, 5.74) is 5.62. The van der Waals surface area contributed by atoms with Crippen LogP contribution in [0.5, 0.6) is 5.75 Å². The summed E-state index contributed by atoms with van der Waals surface area (Å²) in [6.07, 6.45) is 0.123. The zero-order valence-corrected chi connectivity index (χ0v) is 15.7. The van der Waals surface area contributed by atoms with Crippen LogP contribution in [-0.4, -0.2) is 21.7 Å². The molecule has 0 aliphatic heterocycles. The van der Waals surface area contributed by atoms with E-state index in [0.29, 0.717) is 11.3 Å². The molecule has 0 unspecified atom stereocenters. The number of phenols is 1. The Labute approximate surface area is 160 Å². The van der Waals surface area contributed by atoms with E-state index >= 15 is 0 Å². The number of nitrogens with one attached hydrogen (secondary N) is 1. The van der Waals surface area contributed by atoms with Crippen molar-refractivity contribution in [1.82, 2.24) is 10.4 Å². The molecule has 5 nitrogen and oxygen atoms in total. The fourth-order valence-electron chi connectivity index (χ4n) is 2.48. The molecule has 3 aromatic rings. The van der Waals surface area contributed by atoms with E-state index in [2.05, 4.69) is 15.5 Å². The Hall–Kier alpha value is -3.06. The molecule has 0 aliphatic carbocycles. The second kappa shape index (κ2) is 8.09. The van der Waals surface area contributed by atoms with Crippen LogP contribution in [0.1, 0.15) is 23.1 Å². The van der Waals surface area contributed by atoms with Crippen molar-refractivity contribution < 1.29 is 14.3 Å². The lowest BCUT2D eigenvalue weighted by atomic mass is 10.1.